The molecule has 0 aliphatic carbocycles. The summed E-state index contributed by atoms with van der Waals surface area (Å²) in [4.78, 5) is 43.6. The second-order valence-corrected chi connectivity index (χ2v) is 9.99. The van der Waals surface area contributed by atoms with Gasteiger partial charge in [0.1, 0.15) is 16.7 Å². The number of fused-ring (bicyclic) bond motifs is 4. The molecule has 0 bridgehead atoms. The number of aromatic nitrogens is 1. The average molecular weight is 494 g/mol. The number of anilines is 1. The molecule has 1 aromatic heterocycles. The number of nitrogens with zero attached hydrogens (tertiary/aromatic N) is 2. The highest BCUT2D eigenvalue weighted by Crippen LogP contribution is 2.54. The van der Waals surface area contributed by atoms with E-state index in [-0.39, 0.29) is 34.8 Å². The third-order valence-corrected chi connectivity index (χ3v) is 7.20. The zero-order valence-electron chi connectivity index (χ0n) is 21.0. The molecule has 36 heavy (non-hydrogen) atoms. The highest BCUT2D eigenvalue weighted by molar-refractivity contribution is 6.18. The fourth-order valence-corrected chi connectivity index (χ4v) is 5.70. The van der Waals surface area contributed by atoms with Gasteiger partial charge in [-0.3, -0.25) is 9.59 Å². The number of rotatable bonds is 5. The van der Waals surface area contributed by atoms with E-state index in [2.05, 4.69) is 0 Å². The number of hydrogen-bond donors (Lipinski definition) is 1. The highest BCUT2D eigenvalue weighted by atomic mass is 16.5. The first-order valence-electron chi connectivity index (χ1n) is 12.3. The fraction of sp³-hybridized carbons (Fsp3) is 0.444. The normalized spacial score (nSPS) is 22.8. The lowest BCUT2D eigenvalue weighted by Gasteiger charge is -2.36. The lowest BCUT2D eigenvalue weighted by atomic mass is 9.68. The third-order valence-electron chi connectivity index (χ3n) is 7.20. The summed E-state index contributed by atoms with van der Waals surface area (Å²) in [7, 11) is 1.22. The molecule has 9 heteroatoms. The molecule has 190 valence electrons. The van der Waals surface area contributed by atoms with Crippen LogP contribution >= 0.6 is 0 Å². The molecule has 0 radical (unpaired) electrons. The van der Waals surface area contributed by atoms with E-state index in [1.807, 2.05) is 26.0 Å². The van der Waals surface area contributed by atoms with Crippen LogP contribution in [0.4, 0.5) is 5.69 Å². The first-order chi connectivity index (χ1) is 17.2. The van der Waals surface area contributed by atoms with E-state index in [4.69, 9.17) is 19.9 Å². The summed E-state index contributed by atoms with van der Waals surface area (Å²) in [5.41, 5.74) is 5.80. The van der Waals surface area contributed by atoms with Gasteiger partial charge < -0.3 is 29.4 Å². The van der Waals surface area contributed by atoms with Crippen LogP contribution in [0.2, 0.25) is 0 Å². The van der Waals surface area contributed by atoms with Crippen LogP contribution in [0.15, 0.2) is 46.6 Å². The highest BCUT2D eigenvalue weighted by Gasteiger charge is 2.62. The molecule has 5 rings (SSSR count). The van der Waals surface area contributed by atoms with Gasteiger partial charge >= 0.3 is 5.97 Å². The summed E-state index contributed by atoms with van der Waals surface area (Å²) in [5.74, 6) is -1.19. The molecule has 1 amide bonds. The van der Waals surface area contributed by atoms with Crippen LogP contribution in [-0.4, -0.2) is 42.8 Å². The number of pyridine rings is 1. The number of esters is 1. The summed E-state index contributed by atoms with van der Waals surface area (Å²) in [6, 6.07) is 8.90. The van der Waals surface area contributed by atoms with Crippen LogP contribution in [0.3, 0.4) is 0 Å². The molecule has 4 heterocycles. The van der Waals surface area contributed by atoms with Crippen molar-refractivity contribution in [3.63, 3.8) is 0 Å². The van der Waals surface area contributed by atoms with Crippen LogP contribution in [0.25, 0.3) is 0 Å². The summed E-state index contributed by atoms with van der Waals surface area (Å²) in [6.45, 7) is 7.20. The lowest BCUT2D eigenvalue weighted by molar-refractivity contribution is -0.138. The SMILES string of the molecule is COC(=O)C1=C(N)Oc2cc(C)n(C[C@@H]3CCCO3)c(=O)c2[C@@]12C(=O)N(CC(C)C)c1ccccc12. The molecule has 2 aromatic rings. The molecule has 3 aliphatic rings. The first kappa shape index (κ1) is 24.1. The molecule has 1 saturated heterocycles. The molecule has 0 saturated carbocycles. The zero-order valence-corrected chi connectivity index (χ0v) is 21.0. The maximum atomic E-state index is 14.5. The standard InChI is InChI=1S/C27H31N3O6/c1-15(2)13-30-19-10-6-5-9-18(19)27(26(30)33)21-20(36-23(28)22(27)25(32)34-4)12-16(3)29(24(21)31)14-17-8-7-11-35-17/h5-6,9-10,12,15,17H,7-8,11,13-14,28H2,1-4H3/t17-,27+/m0/s1. The summed E-state index contributed by atoms with van der Waals surface area (Å²) in [6.07, 6.45) is 1.66. The number of para-hydroxylation sites is 1. The lowest BCUT2D eigenvalue weighted by Crippen LogP contribution is -2.52. The van der Waals surface area contributed by atoms with Crippen molar-refractivity contribution in [1.29, 1.82) is 0 Å². The van der Waals surface area contributed by atoms with Crippen LogP contribution < -0.4 is 20.9 Å². The van der Waals surface area contributed by atoms with Crippen molar-refractivity contribution in [2.45, 2.75) is 51.7 Å². The van der Waals surface area contributed by atoms with Crippen LogP contribution in [0, 0.1) is 12.8 Å². The van der Waals surface area contributed by atoms with Crippen molar-refractivity contribution < 1.29 is 23.8 Å². The van der Waals surface area contributed by atoms with E-state index in [0.717, 1.165) is 12.8 Å². The van der Waals surface area contributed by atoms with E-state index in [9.17, 15) is 14.4 Å². The Balaban J connectivity index is 1.85. The Hall–Kier alpha value is -3.59. The maximum absolute atomic E-state index is 14.5. The summed E-state index contributed by atoms with van der Waals surface area (Å²) >= 11 is 0. The molecule has 2 atom stereocenters. The number of carbonyl (C=O) groups excluding carboxylic acids is 2. The van der Waals surface area contributed by atoms with Crippen LogP contribution in [0.5, 0.6) is 5.75 Å². The Labute approximate surface area is 209 Å². The molecule has 1 fully saturated rings. The summed E-state index contributed by atoms with van der Waals surface area (Å²) in [5, 5.41) is 0. The van der Waals surface area contributed by atoms with Crippen molar-refractivity contribution in [1.82, 2.24) is 4.57 Å². The van der Waals surface area contributed by atoms with Crippen molar-refractivity contribution in [3.8, 4) is 5.75 Å². The van der Waals surface area contributed by atoms with Crippen molar-refractivity contribution in [2.24, 2.45) is 11.7 Å². The average Bonchev–Trinajstić information content (AvgIpc) is 3.43. The van der Waals surface area contributed by atoms with Gasteiger partial charge in [-0.25, -0.2) is 4.79 Å². The monoisotopic (exact) mass is 493 g/mol. The second-order valence-electron chi connectivity index (χ2n) is 9.99. The van der Waals surface area contributed by atoms with E-state index in [1.165, 1.54) is 7.11 Å². The predicted octanol–water partition coefficient (Wildman–Crippen LogP) is 2.36. The number of nitrogens with two attached hydrogens (primary N) is 1. The molecule has 3 aliphatic heterocycles. The summed E-state index contributed by atoms with van der Waals surface area (Å²) < 4.78 is 18.3. The van der Waals surface area contributed by atoms with Crippen LogP contribution in [-0.2, 0) is 31.0 Å². The Morgan fingerprint density at radius 1 is 1.28 bits per heavy atom. The first-order valence-corrected chi connectivity index (χ1v) is 12.3. The number of hydrogen-bond acceptors (Lipinski definition) is 7. The number of amides is 1. The molecule has 9 nitrogen and oxygen atoms in total. The van der Waals surface area contributed by atoms with Crippen molar-refractivity contribution in [3.05, 3.63) is 69.0 Å². The minimum absolute atomic E-state index is 0.0735. The number of benzene rings is 1. The maximum Gasteiger partial charge on any atom is 0.340 e. The van der Waals surface area contributed by atoms with Gasteiger partial charge in [-0.1, -0.05) is 32.0 Å². The van der Waals surface area contributed by atoms with Gasteiger partial charge in [0.25, 0.3) is 5.56 Å². The minimum atomic E-state index is -1.79. The Kier molecular flexibility index (Phi) is 5.90. The van der Waals surface area contributed by atoms with Gasteiger partial charge in [0, 0.05) is 36.2 Å². The third kappa shape index (κ3) is 3.37. The fourth-order valence-electron chi connectivity index (χ4n) is 5.70. The second kappa shape index (κ2) is 8.81. The molecule has 1 spiro atoms. The quantitative estimate of drug-likeness (QED) is 0.636. The van der Waals surface area contributed by atoms with Gasteiger partial charge in [0.2, 0.25) is 11.8 Å². The van der Waals surface area contributed by atoms with Gasteiger partial charge in [0.05, 0.1) is 25.3 Å². The van der Waals surface area contributed by atoms with E-state index < -0.39 is 22.9 Å². The van der Waals surface area contributed by atoms with E-state index >= 15 is 0 Å². The zero-order chi connectivity index (χ0) is 25.8. The van der Waals surface area contributed by atoms with Gasteiger partial charge in [-0.2, -0.15) is 0 Å². The van der Waals surface area contributed by atoms with Crippen LogP contribution in [0.1, 0.15) is 43.5 Å². The molecule has 0 unspecified atom stereocenters. The Bertz CT molecular complexity index is 1340. The number of carbonyl (C=O) groups is 2. The van der Waals surface area contributed by atoms with E-state index in [0.29, 0.717) is 36.6 Å². The number of ether oxygens (including phenoxy) is 3. The van der Waals surface area contributed by atoms with Gasteiger partial charge in [0.15, 0.2) is 0 Å². The minimum Gasteiger partial charge on any atom is -0.465 e. The topological polar surface area (TPSA) is 113 Å². The van der Waals surface area contributed by atoms with Gasteiger partial charge in [-0.05, 0) is 31.7 Å². The predicted molar refractivity (Wildman–Crippen MR) is 133 cm³/mol. The Morgan fingerprint density at radius 2 is 2.03 bits per heavy atom. The molecule has 1 aromatic carbocycles. The number of methoxy groups -OCH3 is 1. The van der Waals surface area contributed by atoms with E-state index in [1.54, 1.807) is 34.6 Å². The van der Waals surface area contributed by atoms with Crippen molar-refractivity contribution in [2.75, 3.05) is 25.2 Å². The molecule has 2 N–H and O–H groups in total. The van der Waals surface area contributed by atoms with Gasteiger partial charge in [-0.15, -0.1) is 0 Å². The van der Waals surface area contributed by atoms with Crippen molar-refractivity contribution >= 4 is 17.6 Å². The Morgan fingerprint density at radius 3 is 2.69 bits per heavy atom. The smallest absolute Gasteiger partial charge is 0.340 e. The largest absolute Gasteiger partial charge is 0.465 e. The number of aryl methyl sites for hydroxylation is 1. The molecular weight excluding hydrogens is 462 g/mol. The molecular formula is C27H31N3O6.